The first kappa shape index (κ1) is 21.8. The van der Waals surface area contributed by atoms with Gasteiger partial charge in [-0.2, -0.15) is 0 Å². The summed E-state index contributed by atoms with van der Waals surface area (Å²) in [6, 6.07) is 12.1. The number of imidazole rings is 1. The maximum Gasteiger partial charge on any atom is 0.338 e. The van der Waals surface area contributed by atoms with Crippen LogP contribution in [-0.4, -0.2) is 34.7 Å². The van der Waals surface area contributed by atoms with Crippen LogP contribution >= 0.6 is 0 Å². The fourth-order valence-corrected chi connectivity index (χ4v) is 3.79. The Morgan fingerprint density at radius 1 is 1.21 bits per heavy atom. The minimum Gasteiger partial charge on any atom is -0.497 e. The molecule has 1 unspecified atom stereocenters. The lowest BCUT2D eigenvalue weighted by atomic mass is 9.96. The predicted octanol–water partition coefficient (Wildman–Crippen LogP) is 1.59. The molecule has 0 spiro atoms. The largest absolute Gasteiger partial charge is 0.497 e. The molecule has 2 heterocycles. The van der Waals surface area contributed by atoms with Crippen molar-refractivity contribution in [3.8, 4) is 5.75 Å². The maximum atomic E-state index is 13.4. The van der Waals surface area contributed by atoms with Crippen LogP contribution in [0.25, 0.3) is 6.08 Å². The van der Waals surface area contributed by atoms with Crippen molar-refractivity contribution in [2.45, 2.75) is 13.0 Å². The molecule has 0 saturated carbocycles. The van der Waals surface area contributed by atoms with Gasteiger partial charge in [-0.1, -0.05) is 24.3 Å². The first-order valence-corrected chi connectivity index (χ1v) is 9.92. The van der Waals surface area contributed by atoms with Crippen molar-refractivity contribution in [1.29, 1.82) is 0 Å². The van der Waals surface area contributed by atoms with Gasteiger partial charge < -0.3 is 14.5 Å². The quantitative estimate of drug-likeness (QED) is 0.359. The number of allylic oxidation sites excluding steroid dienone is 1. The molecule has 10 heteroatoms. The van der Waals surface area contributed by atoms with E-state index in [4.69, 9.17) is 9.47 Å². The molecule has 1 aliphatic rings. The molecule has 0 amide bonds. The standard InChI is InChI=1S/C23H20N4O6/c1-13-19(22(29)33-3)20(15-7-9-17(32-2)10-8-15)26-21(28)18(25-23(26)24-13)12-14-5-4-6-16(11-14)27(30)31/h4-12,20H,1-3H3,(H,24,25)/b18-12-. The Labute approximate surface area is 187 Å². The lowest BCUT2D eigenvalue weighted by Crippen LogP contribution is -2.39. The van der Waals surface area contributed by atoms with Crippen LogP contribution in [0.4, 0.5) is 5.69 Å². The molecule has 168 valence electrons. The number of non-ortho nitro benzene ring substituents is 1. The van der Waals surface area contributed by atoms with Crippen LogP contribution < -0.4 is 21.3 Å². The van der Waals surface area contributed by atoms with Crippen LogP contribution in [0.2, 0.25) is 0 Å². The molecular weight excluding hydrogens is 428 g/mol. The second-order valence-electron chi connectivity index (χ2n) is 7.31. The number of nitro groups is 1. The lowest BCUT2D eigenvalue weighted by Gasteiger charge is -2.24. The maximum absolute atomic E-state index is 13.4. The molecular formula is C23H20N4O6. The smallest absolute Gasteiger partial charge is 0.338 e. The molecule has 33 heavy (non-hydrogen) atoms. The van der Waals surface area contributed by atoms with E-state index in [1.807, 2.05) is 0 Å². The van der Waals surface area contributed by atoms with Crippen molar-refractivity contribution in [2.24, 2.45) is 4.99 Å². The number of carbonyl (C=O) groups excluding carboxylic acids is 1. The van der Waals surface area contributed by atoms with Gasteiger partial charge in [0.15, 0.2) is 0 Å². The molecule has 0 fully saturated rings. The van der Waals surface area contributed by atoms with E-state index in [1.54, 1.807) is 44.4 Å². The first-order valence-electron chi connectivity index (χ1n) is 9.92. The van der Waals surface area contributed by atoms with Crippen LogP contribution in [0.15, 0.2) is 69.6 Å². The van der Waals surface area contributed by atoms with Gasteiger partial charge in [-0.05, 0) is 36.3 Å². The van der Waals surface area contributed by atoms with Gasteiger partial charge in [0.25, 0.3) is 11.2 Å². The van der Waals surface area contributed by atoms with Crippen LogP contribution in [0, 0.1) is 10.1 Å². The zero-order valence-corrected chi connectivity index (χ0v) is 18.1. The van der Waals surface area contributed by atoms with Crippen molar-refractivity contribution in [1.82, 2.24) is 9.55 Å². The van der Waals surface area contributed by atoms with E-state index >= 15 is 0 Å². The number of hydrogen-bond donors (Lipinski definition) is 1. The van der Waals surface area contributed by atoms with Gasteiger partial charge in [0.1, 0.15) is 11.1 Å². The number of carbonyl (C=O) groups is 1. The van der Waals surface area contributed by atoms with Gasteiger partial charge in [0.05, 0.1) is 36.5 Å². The number of nitro benzene ring substituents is 1. The van der Waals surface area contributed by atoms with E-state index in [1.165, 1.54) is 36.0 Å². The van der Waals surface area contributed by atoms with E-state index in [0.717, 1.165) is 0 Å². The van der Waals surface area contributed by atoms with E-state index in [2.05, 4.69) is 9.98 Å². The Morgan fingerprint density at radius 2 is 1.94 bits per heavy atom. The fourth-order valence-electron chi connectivity index (χ4n) is 3.79. The number of nitrogens with zero attached hydrogens (tertiary/aromatic N) is 3. The summed E-state index contributed by atoms with van der Waals surface area (Å²) >= 11 is 0. The zero-order valence-electron chi connectivity index (χ0n) is 18.1. The third-order valence-electron chi connectivity index (χ3n) is 5.35. The number of fused-ring (bicyclic) bond motifs is 1. The number of nitrogens with one attached hydrogen (secondary N) is 1. The molecule has 2 aromatic carbocycles. The number of aromatic amines is 1. The molecule has 0 aliphatic carbocycles. The number of esters is 1. The van der Waals surface area contributed by atoms with Gasteiger partial charge in [-0.15, -0.1) is 0 Å². The van der Waals surface area contributed by atoms with Crippen molar-refractivity contribution in [2.75, 3.05) is 14.2 Å². The third kappa shape index (κ3) is 3.93. The summed E-state index contributed by atoms with van der Waals surface area (Å²) in [4.78, 5) is 44.0. The summed E-state index contributed by atoms with van der Waals surface area (Å²) < 4.78 is 11.6. The Morgan fingerprint density at radius 3 is 2.58 bits per heavy atom. The van der Waals surface area contributed by atoms with Crippen molar-refractivity contribution < 1.29 is 19.2 Å². The van der Waals surface area contributed by atoms with Crippen molar-refractivity contribution in [3.63, 3.8) is 0 Å². The van der Waals surface area contributed by atoms with Crippen molar-refractivity contribution >= 4 is 17.7 Å². The number of methoxy groups -OCH3 is 2. The number of ether oxygens (including phenoxy) is 2. The van der Waals surface area contributed by atoms with Crippen LogP contribution in [0.3, 0.4) is 0 Å². The van der Waals surface area contributed by atoms with E-state index in [-0.39, 0.29) is 22.2 Å². The summed E-state index contributed by atoms with van der Waals surface area (Å²) in [6.07, 6.45) is 1.51. The number of benzene rings is 2. The minimum atomic E-state index is -0.785. The van der Waals surface area contributed by atoms with Crippen LogP contribution in [0.1, 0.15) is 24.1 Å². The third-order valence-corrected chi connectivity index (χ3v) is 5.35. The van der Waals surface area contributed by atoms with Gasteiger partial charge >= 0.3 is 5.97 Å². The normalized spacial score (nSPS) is 15.6. The lowest BCUT2D eigenvalue weighted by molar-refractivity contribution is -0.384. The summed E-state index contributed by atoms with van der Waals surface area (Å²) in [7, 11) is 2.81. The van der Waals surface area contributed by atoms with E-state index < -0.39 is 22.5 Å². The Bertz CT molecular complexity index is 1460. The second kappa shape index (κ2) is 8.58. The Balaban J connectivity index is 1.94. The summed E-state index contributed by atoms with van der Waals surface area (Å²) in [5, 5.41) is 11.3. The molecule has 1 aromatic heterocycles. The number of aromatic nitrogens is 2. The summed E-state index contributed by atoms with van der Waals surface area (Å²) in [5.41, 5.74) is 1.50. The van der Waals surface area contributed by atoms with Crippen LogP contribution in [-0.2, 0) is 9.53 Å². The predicted molar refractivity (Wildman–Crippen MR) is 118 cm³/mol. The van der Waals surface area contributed by atoms with Gasteiger partial charge in [0, 0.05) is 12.1 Å². The Kier molecular flexibility index (Phi) is 5.65. The first-order chi connectivity index (χ1) is 15.8. The average molecular weight is 448 g/mol. The Hall–Kier alpha value is -4.47. The molecule has 0 saturated heterocycles. The van der Waals surface area contributed by atoms with Crippen LogP contribution in [0.5, 0.6) is 5.75 Å². The zero-order chi connectivity index (χ0) is 23.7. The minimum absolute atomic E-state index is 0.0912. The molecule has 0 bridgehead atoms. The number of hydrogen-bond acceptors (Lipinski definition) is 7. The summed E-state index contributed by atoms with van der Waals surface area (Å²) in [6.45, 7) is 1.67. The van der Waals surface area contributed by atoms with Crippen molar-refractivity contribution in [3.05, 3.63) is 102 Å². The van der Waals surface area contributed by atoms with E-state index in [9.17, 15) is 19.7 Å². The second-order valence-corrected chi connectivity index (χ2v) is 7.31. The SMILES string of the molecule is COC(=O)C1=C(C)N=c2[nH]/c(=C\c3cccc([N+](=O)[O-])c3)c(=O)n2C1c1ccc(OC)cc1. The van der Waals surface area contributed by atoms with Gasteiger partial charge in [-0.3, -0.25) is 19.5 Å². The highest BCUT2D eigenvalue weighted by molar-refractivity contribution is 5.91. The highest BCUT2D eigenvalue weighted by Gasteiger charge is 2.33. The molecule has 0 radical (unpaired) electrons. The highest BCUT2D eigenvalue weighted by Crippen LogP contribution is 2.31. The molecule has 3 aromatic rings. The molecule has 1 N–H and O–H groups in total. The van der Waals surface area contributed by atoms with Gasteiger partial charge in [-0.25, -0.2) is 9.79 Å². The molecule has 10 nitrogen and oxygen atoms in total. The molecule has 1 atom stereocenters. The summed E-state index contributed by atoms with van der Waals surface area (Å²) in [5.74, 6) is 0.0286. The number of rotatable bonds is 5. The molecule has 4 rings (SSSR count). The monoisotopic (exact) mass is 448 g/mol. The number of H-pyrrole nitrogens is 1. The van der Waals surface area contributed by atoms with E-state index in [0.29, 0.717) is 22.6 Å². The fraction of sp³-hybridized carbons (Fsp3) is 0.174. The highest BCUT2D eigenvalue weighted by atomic mass is 16.6. The average Bonchev–Trinajstić information content (AvgIpc) is 3.12. The van der Waals surface area contributed by atoms with Gasteiger partial charge in [0.2, 0.25) is 5.62 Å². The molecule has 1 aliphatic heterocycles. The topological polar surface area (TPSA) is 129 Å².